The smallest absolute Gasteiger partial charge is 0.412 e. The first-order valence-corrected chi connectivity index (χ1v) is 13.4. The monoisotopic (exact) mass is 541 g/mol. The molecule has 0 bridgehead atoms. The number of aromatic hydroxyl groups is 1. The van der Waals surface area contributed by atoms with Crippen LogP contribution in [-0.2, 0) is 14.8 Å². The first-order valence-electron chi connectivity index (χ1n) is 10.8. The largest absolute Gasteiger partial charge is 0.508 e. The van der Waals surface area contributed by atoms with E-state index in [0.29, 0.717) is 14.8 Å². The van der Waals surface area contributed by atoms with Crippen LogP contribution in [0.4, 0.5) is 4.79 Å². The number of ether oxygens (including phenoxy) is 1. The predicted molar refractivity (Wildman–Crippen MR) is 133 cm³/mol. The lowest BCUT2D eigenvalue weighted by Gasteiger charge is -2.34. The molecular weight excluding hydrogens is 514 g/mol. The van der Waals surface area contributed by atoms with Gasteiger partial charge in [-0.05, 0) is 36.4 Å². The molecule has 12 heteroatoms. The van der Waals surface area contributed by atoms with Crippen molar-refractivity contribution in [3.8, 4) is 11.8 Å². The molecular formula is C23H28ClN3O6S2. The number of phenols is 1. The summed E-state index contributed by atoms with van der Waals surface area (Å²) in [4.78, 5) is 14.3. The zero-order valence-electron chi connectivity index (χ0n) is 19.9. The van der Waals surface area contributed by atoms with E-state index in [1.54, 1.807) is 6.07 Å². The number of hydrogen-bond acceptors (Lipinski definition) is 8. The quantitative estimate of drug-likeness (QED) is 0.536. The van der Waals surface area contributed by atoms with Gasteiger partial charge in [-0.2, -0.15) is 9.57 Å². The van der Waals surface area contributed by atoms with Crippen LogP contribution < -0.4 is 0 Å². The third-order valence-electron chi connectivity index (χ3n) is 4.61. The van der Waals surface area contributed by atoms with E-state index in [2.05, 4.69) is 0 Å². The Kier molecular flexibility index (Phi) is 9.83. The summed E-state index contributed by atoms with van der Waals surface area (Å²) in [6.45, 7) is 6.84. The molecule has 0 aliphatic carbocycles. The second-order valence-electron chi connectivity index (χ2n) is 7.73. The van der Waals surface area contributed by atoms with Gasteiger partial charge in [-0.25, -0.2) is 13.2 Å². The Morgan fingerprint density at radius 3 is 2.31 bits per heavy atom. The highest BCUT2D eigenvalue weighted by Crippen LogP contribution is 2.37. The predicted octanol–water partition coefficient (Wildman–Crippen LogP) is 4.27. The van der Waals surface area contributed by atoms with E-state index in [0.717, 1.165) is 11.8 Å². The summed E-state index contributed by atoms with van der Waals surface area (Å²) in [5.41, 5.74) is 0.180. The van der Waals surface area contributed by atoms with Gasteiger partial charge in [-0.1, -0.05) is 37.2 Å². The molecule has 9 nitrogen and oxygen atoms in total. The number of amides is 1. The fraction of sp³-hybridized carbons (Fsp3) is 0.391. The number of rotatable bonds is 5. The van der Waals surface area contributed by atoms with Gasteiger partial charge in [0.1, 0.15) is 5.75 Å². The minimum atomic E-state index is -4.01. The standard InChI is InChI=1S/C21H22ClN3O6S2.C2H6/c1-21(2,28)31-20(27)24-5-7-25(8-6-24)33(29,30)19-9-14(13-23)3-4-18(19)32-17-11-15(22)10-16(26)12-17;1-2/h3-4,9-12,26,28H,5-8H2,1-2H3;1-2H3. The van der Waals surface area contributed by atoms with Crippen LogP contribution in [0.5, 0.6) is 5.75 Å². The average molecular weight is 542 g/mol. The minimum absolute atomic E-state index is 0.0160. The van der Waals surface area contributed by atoms with Crippen LogP contribution >= 0.6 is 23.4 Å². The minimum Gasteiger partial charge on any atom is -0.508 e. The highest BCUT2D eigenvalue weighted by molar-refractivity contribution is 8.00. The Morgan fingerprint density at radius 2 is 1.77 bits per heavy atom. The fourth-order valence-corrected chi connectivity index (χ4v) is 6.30. The molecule has 190 valence electrons. The molecule has 2 aromatic carbocycles. The number of phenolic OH excluding ortho intramolecular Hbond substituents is 1. The van der Waals surface area contributed by atoms with E-state index in [4.69, 9.17) is 16.3 Å². The van der Waals surface area contributed by atoms with Crippen LogP contribution in [0.3, 0.4) is 0 Å². The molecule has 1 amide bonds. The molecule has 1 fully saturated rings. The Morgan fingerprint density at radius 1 is 1.14 bits per heavy atom. The van der Waals surface area contributed by atoms with Gasteiger partial charge in [0, 0.05) is 54.8 Å². The van der Waals surface area contributed by atoms with Crippen LogP contribution in [-0.4, -0.2) is 65.9 Å². The van der Waals surface area contributed by atoms with Crippen molar-refractivity contribution in [2.75, 3.05) is 26.2 Å². The third kappa shape index (κ3) is 7.75. The molecule has 0 saturated carbocycles. The molecule has 0 spiro atoms. The molecule has 0 atom stereocenters. The normalized spacial score (nSPS) is 14.5. The van der Waals surface area contributed by atoms with Gasteiger partial charge in [0.2, 0.25) is 15.8 Å². The maximum Gasteiger partial charge on any atom is 0.412 e. The van der Waals surface area contributed by atoms with E-state index < -0.39 is 21.9 Å². The Bertz CT molecular complexity index is 1180. The molecule has 1 saturated heterocycles. The van der Waals surface area contributed by atoms with Gasteiger partial charge in [-0.3, -0.25) is 0 Å². The summed E-state index contributed by atoms with van der Waals surface area (Å²) in [5.74, 6) is -1.70. The summed E-state index contributed by atoms with van der Waals surface area (Å²) in [6, 6.07) is 10.7. The Labute approximate surface area is 214 Å². The molecule has 0 radical (unpaired) electrons. The van der Waals surface area contributed by atoms with Crippen molar-refractivity contribution in [3.63, 3.8) is 0 Å². The van der Waals surface area contributed by atoms with E-state index >= 15 is 0 Å². The zero-order valence-corrected chi connectivity index (χ0v) is 22.2. The summed E-state index contributed by atoms with van der Waals surface area (Å²) < 4.78 is 33.1. The number of aliphatic hydroxyl groups is 1. The van der Waals surface area contributed by atoms with Gasteiger partial charge < -0.3 is 19.8 Å². The maximum atomic E-state index is 13.5. The molecule has 3 rings (SSSR count). The molecule has 2 N–H and O–H groups in total. The number of hydrogen-bond donors (Lipinski definition) is 2. The molecule has 0 aromatic heterocycles. The van der Waals surface area contributed by atoms with Crippen molar-refractivity contribution in [2.45, 2.75) is 48.2 Å². The van der Waals surface area contributed by atoms with E-state index in [1.807, 2.05) is 19.9 Å². The van der Waals surface area contributed by atoms with Crippen molar-refractivity contribution in [1.29, 1.82) is 5.26 Å². The lowest BCUT2D eigenvalue weighted by molar-refractivity contribution is -0.140. The van der Waals surface area contributed by atoms with Crippen LogP contribution in [0.2, 0.25) is 5.02 Å². The van der Waals surface area contributed by atoms with Crippen molar-refractivity contribution >= 4 is 39.5 Å². The van der Waals surface area contributed by atoms with E-state index in [1.165, 1.54) is 53.4 Å². The van der Waals surface area contributed by atoms with Crippen LogP contribution in [0.1, 0.15) is 33.3 Å². The number of benzene rings is 2. The first kappa shape index (κ1) is 28.7. The first-order chi connectivity index (χ1) is 16.4. The summed E-state index contributed by atoms with van der Waals surface area (Å²) in [7, 11) is -4.01. The van der Waals surface area contributed by atoms with Crippen LogP contribution in [0.15, 0.2) is 51.1 Å². The molecule has 1 aliphatic heterocycles. The second kappa shape index (κ2) is 12.0. The molecule has 1 aliphatic rings. The van der Waals surface area contributed by atoms with Crippen molar-refractivity contribution < 1.29 is 28.2 Å². The van der Waals surface area contributed by atoms with Crippen LogP contribution in [0.25, 0.3) is 0 Å². The highest BCUT2D eigenvalue weighted by Gasteiger charge is 2.33. The summed E-state index contributed by atoms with van der Waals surface area (Å²) in [5, 5.41) is 29.0. The fourth-order valence-electron chi connectivity index (χ4n) is 3.13. The highest BCUT2D eigenvalue weighted by atomic mass is 35.5. The molecule has 1 heterocycles. The van der Waals surface area contributed by atoms with Gasteiger partial charge in [0.25, 0.3) is 0 Å². The van der Waals surface area contributed by atoms with Gasteiger partial charge in [-0.15, -0.1) is 0 Å². The lowest BCUT2D eigenvalue weighted by atomic mass is 10.2. The number of nitrogens with zero attached hydrogens (tertiary/aromatic N) is 3. The Balaban J connectivity index is 0.00000210. The number of halogens is 1. The van der Waals surface area contributed by atoms with Crippen molar-refractivity contribution in [3.05, 3.63) is 47.0 Å². The number of piperazine rings is 1. The van der Waals surface area contributed by atoms with Crippen molar-refractivity contribution in [2.24, 2.45) is 0 Å². The van der Waals surface area contributed by atoms with Crippen LogP contribution in [0, 0.1) is 11.3 Å². The average Bonchev–Trinajstić information content (AvgIpc) is 2.79. The Hall–Kier alpha value is -2.49. The number of carbonyl (C=O) groups is 1. The molecule has 2 aromatic rings. The van der Waals surface area contributed by atoms with Gasteiger partial charge in [0.05, 0.1) is 16.5 Å². The molecule has 35 heavy (non-hydrogen) atoms. The second-order valence-corrected chi connectivity index (χ2v) is 11.2. The lowest BCUT2D eigenvalue weighted by Crippen LogP contribution is -2.51. The third-order valence-corrected chi connectivity index (χ3v) is 7.94. The molecule has 0 unspecified atom stereocenters. The topological polar surface area (TPSA) is 131 Å². The number of sulfonamides is 1. The number of nitriles is 1. The summed E-state index contributed by atoms with van der Waals surface area (Å²) in [6.07, 6.45) is -0.733. The maximum absolute atomic E-state index is 13.5. The van der Waals surface area contributed by atoms with E-state index in [-0.39, 0.29) is 42.4 Å². The zero-order chi connectivity index (χ0) is 26.4. The number of carbonyl (C=O) groups excluding carboxylic acids is 1. The summed E-state index contributed by atoms with van der Waals surface area (Å²) >= 11 is 7.09. The van der Waals surface area contributed by atoms with Gasteiger partial charge in [0.15, 0.2) is 0 Å². The SMILES string of the molecule is CC.CC(C)(O)OC(=O)N1CCN(S(=O)(=O)c2cc(C#N)ccc2Sc2cc(O)cc(Cl)c2)CC1. The van der Waals surface area contributed by atoms with Gasteiger partial charge >= 0.3 is 6.09 Å². The van der Waals surface area contributed by atoms with E-state index in [9.17, 15) is 28.7 Å². The van der Waals surface area contributed by atoms with Crippen molar-refractivity contribution in [1.82, 2.24) is 9.21 Å².